The number of anilines is 1. The highest BCUT2D eigenvalue weighted by atomic mass is 16.5. The van der Waals surface area contributed by atoms with Crippen molar-refractivity contribution in [3.63, 3.8) is 0 Å². The van der Waals surface area contributed by atoms with Crippen LogP contribution in [-0.4, -0.2) is 17.8 Å². The van der Waals surface area contributed by atoms with Crippen LogP contribution >= 0.6 is 0 Å². The Morgan fingerprint density at radius 1 is 0.667 bits per heavy atom. The highest BCUT2D eigenvalue weighted by Crippen LogP contribution is 2.61. The molecule has 3 aromatic rings. The molecule has 1 aliphatic heterocycles. The molecule has 1 saturated heterocycles. The summed E-state index contributed by atoms with van der Waals surface area (Å²) >= 11 is 0. The highest BCUT2D eigenvalue weighted by Gasteiger charge is 2.61. The smallest absolute Gasteiger partial charge is 0.311 e. The molecule has 3 aliphatic carbocycles. The van der Waals surface area contributed by atoms with Crippen molar-refractivity contribution < 1.29 is 19.1 Å². The van der Waals surface area contributed by atoms with Gasteiger partial charge in [-0.1, -0.05) is 94.0 Å². The molecule has 3 aromatic carbocycles. The van der Waals surface area contributed by atoms with Crippen molar-refractivity contribution in [1.82, 2.24) is 0 Å². The Kier molecular flexibility index (Phi) is 7.07. The van der Waals surface area contributed by atoms with Gasteiger partial charge in [0.15, 0.2) is 0 Å². The van der Waals surface area contributed by atoms with Crippen LogP contribution in [0.3, 0.4) is 0 Å². The molecule has 0 spiro atoms. The van der Waals surface area contributed by atoms with Gasteiger partial charge in [-0.15, -0.1) is 0 Å². The lowest BCUT2D eigenvalue weighted by molar-refractivity contribution is -0.134. The number of unbranched alkanes of at least 4 members (excludes halogenated alkanes) is 6. The van der Waals surface area contributed by atoms with Gasteiger partial charge >= 0.3 is 5.97 Å². The Hall–Kier alpha value is -3.73. The second-order valence-corrected chi connectivity index (χ2v) is 11.1. The fraction of sp³-hybridized carbons (Fsp3) is 0.382. The van der Waals surface area contributed by atoms with Gasteiger partial charge in [0.05, 0.1) is 17.5 Å². The number of ether oxygens (including phenoxy) is 1. The number of carbonyl (C=O) groups excluding carboxylic acids is 3. The quantitative estimate of drug-likeness (QED) is 0.123. The van der Waals surface area contributed by atoms with Crippen molar-refractivity contribution >= 4 is 23.5 Å². The van der Waals surface area contributed by atoms with E-state index >= 15 is 0 Å². The van der Waals surface area contributed by atoms with E-state index in [1.807, 2.05) is 24.3 Å². The first-order chi connectivity index (χ1) is 19.1. The first kappa shape index (κ1) is 25.5. The Morgan fingerprint density at radius 3 is 1.62 bits per heavy atom. The molecule has 0 radical (unpaired) electrons. The van der Waals surface area contributed by atoms with Crippen molar-refractivity contribution in [2.24, 2.45) is 11.8 Å². The average Bonchev–Trinajstić information content (AvgIpc) is 3.23. The highest BCUT2D eigenvalue weighted by molar-refractivity contribution is 6.23. The second-order valence-electron chi connectivity index (χ2n) is 11.1. The van der Waals surface area contributed by atoms with E-state index in [1.54, 1.807) is 24.3 Å². The van der Waals surface area contributed by atoms with E-state index < -0.39 is 11.8 Å². The zero-order valence-corrected chi connectivity index (χ0v) is 22.5. The van der Waals surface area contributed by atoms with Crippen molar-refractivity contribution in [2.75, 3.05) is 4.90 Å². The first-order valence-corrected chi connectivity index (χ1v) is 14.5. The molecule has 1 fully saturated rings. The number of amides is 2. The van der Waals surface area contributed by atoms with E-state index in [0.717, 1.165) is 41.5 Å². The summed E-state index contributed by atoms with van der Waals surface area (Å²) in [4.78, 5) is 41.4. The number of imide groups is 1. The summed E-state index contributed by atoms with van der Waals surface area (Å²) in [5, 5.41) is 0. The fourth-order valence-electron chi connectivity index (χ4n) is 7.00. The van der Waals surface area contributed by atoms with Gasteiger partial charge in [-0.3, -0.25) is 14.4 Å². The average molecular weight is 522 g/mol. The Bertz CT molecular complexity index is 1280. The molecule has 39 heavy (non-hydrogen) atoms. The van der Waals surface area contributed by atoms with Gasteiger partial charge in [-0.2, -0.15) is 0 Å². The van der Waals surface area contributed by atoms with Gasteiger partial charge in [0.25, 0.3) is 0 Å². The van der Waals surface area contributed by atoms with Gasteiger partial charge in [0.2, 0.25) is 11.8 Å². The summed E-state index contributed by atoms with van der Waals surface area (Å²) in [6, 6.07) is 23.3. The lowest BCUT2D eigenvalue weighted by Crippen LogP contribution is -2.41. The minimum absolute atomic E-state index is 0.124. The van der Waals surface area contributed by atoms with E-state index in [-0.39, 0.29) is 29.6 Å². The number of benzene rings is 3. The number of nitrogens with zero attached hydrogens (tertiary/aromatic N) is 1. The number of hydrogen-bond donors (Lipinski definition) is 0. The van der Waals surface area contributed by atoms with Gasteiger partial charge in [0, 0.05) is 18.3 Å². The maximum absolute atomic E-state index is 13.9. The Balaban J connectivity index is 1.15. The third-order valence-electron chi connectivity index (χ3n) is 8.76. The number of hydrogen-bond acceptors (Lipinski definition) is 4. The van der Waals surface area contributed by atoms with Gasteiger partial charge in [-0.25, -0.2) is 4.90 Å². The molecular weight excluding hydrogens is 486 g/mol. The van der Waals surface area contributed by atoms with E-state index in [4.69, 9.17) is 4.74 Å². The first-order valence-electron chi connectivity index (χ1n) is 14.5. The summed E-state index contributed by atoms with van der Waals surface area (Å²) in [6.07, 6.45) is 8.40. The lowest BCUT2D eigenvalue weighted by Gasteiger charge is -2.45. The number of carbonyl (C=O) groups is 3. The van der Waals surface area contributed by atoms with Crippen LogP contribution in [0.25, 0.3) is 0 Å². The SMILES string of the molecule is CCCCCCCCCC(=O)Oc1ccc(N2C(=O)[C@@H]3C4c5ccccc5C(c5ccccc54)[C@H]3C2=O)cc1. The summed E-state index contributed by atoms with van der Waals surface area (Å²) in [6.45, 7) is 2.21. The lowest BCUT2D eigenvalue weighted by atomic mass is 9.55. The predicted molar refractivity (Wildman–Crippen MR) is 151 cm³/mol. The van der Waals surface area contributed by atoms with E-state index in [9.17, 15) is 14.4 Å². The predicted octanol–water partition coefficient (Wildman–Crippen LogP) is 7.13. The molecule has 2 bridgehead atoms. The van der Waals surface area contributed by atoms with Crippen molar-refractivity contribution in [3.05, 3.63) is 95.1 Å². The monoisotopic (exact) mass is 521 g/mol. The minimum atomic E-state index is -0.410. The third-order valence-corrected chi connectivity index (χ3v) is 8.76. The van der Waals surface area contributed by atoms with Crippen LogP contribution in [0.4, 0.5) is 5.69 Å². The van der Waals surface area contributed by atoms with Crippen molar-refractivity contribution in [2.45, 2.75) is 70.1 Å². The number of esters is 1. The van der Waals surface area contributed by atoms with Crippen LogP contribution in [0.15, 0.2) is 72.8 Å². The zero-order valence-electron chi connectivity index (χ0n) is 22.5. The third kappa shape index (κ3) is 4.48. The standard InChI is InChI=1S/C34H35NO4/c1-2-3-4-5-6-7-8-17-28(36)39-23-20-18-22(19-21-23)35-33(37)31-29-24-13-9-10-14-25(24)30(32(31)34(35)38)27-16-12-11-15-26(27)29/h9-16,18-21,29-32H,2-8,17H2,1H3/t29?,30?,31-,32-/m1/s1. The molecule has 0 aromatic heterocycles. The van der Waals surface area contributed by atoms with E-state index in [1.165, 1.54) is 30.6 Å². The van der Waals surface area contributed by atoms with E-state index in [0.29, 0.717) is 17.9 Å². The molecule has 2 atom stereocenters. The normalized spacial score (nSPS) is 22.4. The molecule has 1 heterocycles. The summed E-state index contributed by atoms with van der Waals surface area (Å²) in [7, 11) is 0. The molecule has 2 amide bonds. The zero-order chi connectivity index (χ0) is 26.9. The van der Waals surface area contributed by atoms with E-state index in [2.05, 4.69) is 31.2 Å². The fourth-order valence-corrected chi connectivity index (χ4v) is 7.00. The van der Waals surface area contributed by atoms with Crippen LogP contribution in [-0.2, 0) is 14.4 Å². The molecule has 0 N–H and O–H groups in total. The molecule has 200 valence electrons. The summed E-state index contributed by atoms with van der Waals surface area (Å²) < 4.78 is 5.53. The van der Waals surface area contributed by atoms with Gasteiger partial charge < -0.3 is 4.74 Å². The maximum atomic E-state index is 13.9. The van der Waals surface area contributed by atoms with Crippen LogP contribution in [0.2, 0.25) is 0 Å². The largest absolute Gasteiger partial charge is 0.427 e. The Morgan fingerprint density at radius 2 is 1.13 bits per heavy atom. The summed E-state index contributed by atoms with van der Waals surface area (Å²) in [5.74, 6) is -1.17. The second kappa shape index (κ2) is 10.8. The minimum Gasteiger partial charge on any atom is -0.427 e. The molecule has 7 rings (SSSR count). The molecule has 0 unspecified atom stereocenters. The molecule has 5 heteroatoms. The van der Waals surface area contributed by atoms with Crippen molar-refractivity contribution in [3.8, 4) is 5.75 Å². The molecule has 5 nitrogen and oxygen atoms in total. The maximum Gasteiger partial charge on any atom is 0.311 e. The van der Waals surface area contributed by atoms with Crippen LogP contribution < -0.4 is 9.64 Å². The molecule has 0 saturated carbocycles. The summed E-state index contributed by atoms with van der Waals surface area (Å²) in [5.41, 5.74) is 5.17. The van der Waals surface area contributed by atoms with Gasteiger partial charge in [-0.05, 0) is 52.9 Å². The molecule has 4 aliphatic rings. The number of rotatable bonds is 10. The molecular formula is C34H35NO4. The van der Waals surface area contributed by atoms with Gasteiger partial charge in [0.1, 0.15) is 5.75 Å². The van der Waals surface area contributed by atoms with Crippen LogP contribution in [0.5, 0.6) is 5.75 Å². The van der Waals surface area contributed by atoms with Crippen LogP contribution in [0.1, 0.15) is 92.4 Å². The topological polar surface area (TPSA) is 63.7 Å². The Labute approximate surface area is 230 Å². The van der Waals surface area contributed by atoms with Crippen molar-refractivity contribution in [1.29, 1.82) is 0 Å². The van der Waals surface area contributed by atoms with Crippen LogP contribution in [0, 0.1) is 11.8 Å².